The molecule has 0 saturated carbocycles. The summed E-state index contributed by atoms with van der Waals surface area (Å²) in [6.45, 7) is 4.45. The third-order valence-electron chi connectivity index (χ3n) is 5.31. The van der Waals surface area contributed by atoms with Crippen LogP contribution in [0.2, 0.25) is 5.15 Å². The number of hydrogen-bond donors (Lipinski definition) is 2. The number of fused-ring (bicyclic) bond motifs is 1. The largest absolute Gasteiger partial charge is 0.490 e. The number of aryl methyl sites for hydroxylation is 1. The fourth-order valence-electron chi connectivity index (χ4n) is 3.80. The van der Waals surface area contributed by atoms with Gasteiger partial charge in [0.1, 0.15) is 29.4 Å². The number of hydrogen-bond acceptors (Lipinski definition) is 6. The highest BCUT2D eigenvalue weighted by Gasteiger charge is 2.24. The van der Waals surface area contributed by atoms with Crippen LogP contribution in [0.5, 0.6) is 5.75 Å². The predicted octanol–water partition coefficient (Wildman–Crippen LogP) is 3.34. The lowest BCUT2D eigenvalue weighted by atomic mass is 10.0. The van der Waals surface area contributed by atoms with Gasteiger partial charge in [0, 0.05) is 43.7 Å². The minimum atomic E-state index is -0.209. The minimum Gasteiger partial charge on any atom is -0.490 e. The lowest BCUT2D eigenvalue weighted by molar-refractivity contribution is 0.170. The van der Waals surface area contributed by atoms with Crippen LogP contribution in [0.1, 0.15) is 36.2 Å². The van der Waals surface area contributed by atoms with Crippen molar-refractivity contribution in [3.05, 3.63) is 40.3 Å². The second-order valence-corrected chi connectivity index (χ2v) is 7.55. The van der Waals surface area contributed by atoms with E-state index in [0.29, 0.717) is 11.0 Å². The number of rotatable bonds is 4. The van der Waals surface area contributed by atoms with Crippen LogP contribution in [-0.2, 0) is 13.0 Å². The summed E-state index contributed by atoms with van der Waals surface area (Å²) in [7, 11) is 0. The molecule has 4 rings (SSSR count). The molecule has 0 amide bonds. The predicted molar refractivity (Wildman–Crippen MR) is 107 cm³/mol. The van der Waals surface area contributed by atoms with E-state index in [2.05, 4.69) is 38.4 Å². The number of nitrogens with one attached hydrogen (secondary N) is 1. The first-order valence-electron chi connectivity index (χ1n) is 9.56. The smallest absolute Gasteiger partial charge is 0.157 e. The van der Waals surface area contributed by atoms with Crippen LogP contribution in [-0.4, -0.2) is 40.8 Å². The number of nitrogens with zero attached hydrogens (tertiary/aromatic N) is 3. The molecular formula is C20H25ClN4O2. The molecule has 0 bridgehead atoms. The topological polar surface area (TPSA) is 70.5 Å². The molecule has 0 unspecified atom stereocenters. The van der Waals surface area contributed by atoms with Gasteiger partial charge < -0.3 is 20.1 Å². The first kappa shape index (κ1) is 18.3. The highest BCUT2D eigenvalue weighted by molar-refractivity contribution is 6.30. The van der Waals surface area contributed by atoms with Crippen LogP contribution >= 0.6 is 11.6 Å². The molecule has 0 radical (unpaired) electrons. The summed E-state index contributed by atoms with van der Waals surface area (Å²) in [6, 6.07) is 6.36. The van der Waals surface area contributed by atoms with Crippen molar-refractivity contribution in [1.29, 1.82) is 0 Å². The molecule has 1 aromatic carbocycles. The van der Waals surface area contributed by atoms with Gasteiger partial charge in [-0.2, -0.15) is 0 Å². The van der Waals surface area contributed by atoms with E-state index < -0.39 is 0 Å². The number of piperidine rings is 1. The summed E-state index contributed by atoms with van der Waals surface area (Å²) in [5.41, 5.74) is 3.44. The van der Waals surface area contributed by atoms with Crippen LogP contribution in [0.15, 0.2) is 18.2 Å². The number of anilines is 2. The molecule has 1 saturated heterocycles. The number of ether oxygens (including phenoxy) is 1. The molecule has 0 atom stereocenters. The van der Waals surface area contributed by atoms with E-state index in [-0.39, 0.29) is 12.7 Å². The van der Waals surface area contributed by atoms with Gasteiger partial charge in [-0.25, -0.2) is 9.97 Å². The van der Waals surface area contributed by atoms with Crippen LogP contribution in [0.25, 0.3) is 0 Å². The van der Waals surface area contributed by atoms with E-state index in [1.165, 1.54) is 17.7 Å². The Morgan fingerprint density at radius 2 is 2.11 bits per heavy atom. The first-order chi connectivity index (χ1) is 13.1. The molecule has 2 aliphatic rings. The van der Waals surface area contributed by atoms with Gasteiger partial charge in [-0.3, -0.25) is 0 Å². The van der Waals surface area contributed by atoms with Crippen molar-refractivity contribution in [3.63, 3.8) is 0 Å². The van der Waals surface area contributed by atoms with Gasteiger partial charge in [0.15, 0.2) is 5.82 Å². The summed E-state index contributed by atoms with van der Waals surface area (Å²) in [5, 5.41) is 13.2. The first-order valence-corrected chi connectivity index (χ1v) is 9.94. The zero-order valence-corrected chi connectivity index (χ0v) is 16.3. The monoisotopic (exact) mass is 388 g/mol. The maximum atomic E-state index is 9.34. The maximum Gasteiger partial charge on any atom is 0.157 e. The van der Waals surface area contributed by atoms with Gasteiger partial charge in [0.2, 0.25) is 0 Å². The lowest BCUT2D eigenvalue weighted by Crippen LogP contribution is -2.39. The number of aromatic nitrogens is 2. The van der Waals surface area contributed by atoms with E-state index >= 15 is 0 Å². The molecule has 0 aliphatic carbocycles. The zero-order chi connectivity index (χ0) is 18.8. The van der Waals surface area contributed by atoms with Crippen molar-refractivity contribution >= 4 is 23.1 Å². The molecule has 2 N–H and O–H groups in total. The average molecular weight is 389 g/mol. The summed E-state index contributed by atoms with van der Waals surface area (Å²) < 4.78 is 6.25. The Morgan fingerprint density at radius 3 is 2.89 bits per heavy atom. The summed E-state index contributed by atoms with van der Waals surface area (Å²) in [6.07, 6.45) is 4.32. The van der Waals surface area contributed by atoms with Crippen LogP contribution in [0.4, 0.5) is 11.5 Å². The molecule has 2 aliphatic heterocycles. The molecule has 1 fully saturated rings. The second kappa shape index (κ2) is 7.90. The van der Waals surface area contributed by atoms with Gasteiger partial charge in [-0.05, 0) is 43.5 Å². The van der Waals surface area contributed by atoms with Crippen molar-refractivity contribution in [1.82, 2.24) is 9.97 Å². The van der Waals surface area contributed by atoms with Crippen molar-refractivity contribution in [2.75, 3.05) is 29.9 Å². The fraction of sp³-hybridized carbons (Fsp3) is 0.500. The molecular weight excluding hydrogens is 364 g/mol. The summed E-state index contributed by atoms with van der Waals surface area (Å²) in [4.78, 5) is 10.8. The van der Waals surface area contributed by atoms with Gasteiger partial charge in [0.25, 0.3) is 0 Å². The van der Waals surface area contributed by atoms with Crippen molar-refractivity contribution in [3.8, 4) is 5.75 Å². The van der Waals surface area contributed by atoms with E-state index in [4.69, 9.17) is 16.3 Å². The Balaban J connectivity index is 1.40. The highest BCUT2D eigenvalue weighted by Crippen LogP contribution is 2.30. The standard InChI is InChI=1S/C20H25ClN4O2/c1-13-19(21)23-18(12-26)24-20(13)25-9-6-15(7-10-25)27-16-4-5-17-14(11-16)3-2-8-22-17/h4-5,11,15,22,26H,2-3,6-10,12H2,1H3. The third-order valence-corrected chi connectivity index (χ3v) is 5.68. The quantitative estimate of drug-likeness (QED) is 0.783. The number of benzene rings is 1. The van der Waals surface area contributed by atoms with Gasteiger partial charge in [-0.1, -0.05) is 11.6 Å². The molecule has 6 nitrogen and oxygen atoms in total. The van der Waals surface area contributed by atoms with Gasteiger partial charge >= 0.3 is 0 Å². The number of aliphatic hydroxyl groups is 1. The minimum absolute atomic E-state index is 0.200. The van der Waals surface area contributed by atoms with E-state index in [1.54, 1.807) is 0 Å². The highest BCUT2D eigenvalue weighted by atomic mass is 35.5. The van der Waals surface area contributed by atoms with Gasteiger partial charge in [0.05, 0.1) is 0 Å². The molecule has 3 heterocycles. The van der Waals surface area contributed by atoms with E-state index in [1.807, 2.05) is 6.92 Å². The Kier molecular flexibility index (Phi) is 5.36. The number of aliphatic hydroxyl groups excluding tert-OH is 1. The summed E-state index contributed by atoms with van der Waals surface area (Å²) >= 11 is 6.19. The zero-order valence-electron chi connectivity index (χ0n) is 15.5. The lowest BCUT2D eigenvalue weighted by Gasteiger charge is -2.34. The Morgan fingerprint density at radius 1 is 1.30 bits per heavy atom. The number of halogens is 1. The third kappa shape index (κ3) is 3.96. The Labute approximate surface area is 164 Å². The molecule has 7 heteroatoms. The average Bonchev–Trinajstić information content (AvgIpc) is 2.70. The Bertz CT molecular complexity index is 822. The van der Waals surface area contributed by atoms with Crippen molar-refractivity contribution in [2.45, 2.75) is 45.3 Å². The van der Waals surface area contributed by atoms with E-state index in [0.717, 1.165) is 56.0 Å². The van der Waals surface area contributed by atoms with Crippen LogP contribution in [0, 0.1) is 6.92 Å². The van der Waals surface area contributed by atoms with Crippen molar-refractivity contribution in [2.24, 2.45) is 0 Å². The van der Waals surface area contributed by atoms with Crippen LogP contribution in [0.3, 0.4) is 0 Å². The summed E-state index contributed by atoms with van der Waals surface area (Å²) in [5.74, 6) is 2.14. The second-order valence-electron chi connectivity index (χ2n) is 7.19. The Hall–Kier alpha value is -2.05. The maximum absolute atomic E-state index is 9.34. The molecule has 0 spiro atoms. The SMILES string of the molecule is Cc1c(Cl)nc(CO)nc1N1CCC(Oc2ccc3c(c2)CCCN3)CC1. The molecule has 1 aromatic heterocycles. The molecule has 144 valence electrons. The van der Waals surface area contributed by atoms with E-state index in [9.17, 15) is 5.11 Å². The molecule has 2 aromatic rings. The van der Waals surface area contributed by atoms with Gasteiger partial charge in [-0.15, -0.1) is 0 Å². The normalized spacial score (nSPS) is 17.4. The van der Waals surface area contributed by atoms with Crippen LogP contribution < -0.4 is 15.0 Å². The molecule has 27 heavy (non-hydrogen) atoms. The fourth-order valence-corrected chi connectivity index (χ4v) is 3.98. The van der Waals surface area contributed by atoms with Crippen molar-refractivity contribution < 1.29 is 9.84 Å².